The van der Waals surface area contributed by atoms with Crippen LogP contribution in [0.1, 0.15) is 49.7 Å². The van der Waals surface area contributed by atoms with Crippen LogP contribution in [-0.2, 0) is 6.42 Å². The molecule has 1 aliphatic carbocycles. The lowest BCUT2D eigenvalue weighted by atomic mass is 9.81. The Labute approximate surface area is 160 Å². The van der Waals surface area contributed by atoms with E-state index in [4.69, 9.17) is 4.74 Å². The van der Waals surface area contributed by atoms with Crippen molar-refractivity contribution in [3.63, 3.8) is 0 Å². The number of hydrogen-bond acceptors (Lipinski definition) is 3. The van der Waals surface area contributed by atoms with Gasteiger partial charge in [-0.1, -0.05) is 12.5 Å². The smallest absolute Gasteiger partial charge is 0.248 e. The maximum Gasteiger partial charge on any atom is 0.248 e. The molecule has 27 heavy (non-hydrogen) atoms. The number of rotatable bonds is 2. The van der Waals surface area contributed by atoms with Crippen LogP contribution >= 0.6 is 0 Å². The van der Waals surface area contributed by atoms with E-state index in [1.165, 1.54) is 37.9 Å². The number of piperidine rings is 1. The minimum absolute atomic E-state index is 0.0443. The zero-order chi connectivity index (χ0) is 18.4. The summed E-state index contributed by atoms with van der Waals surface area (Å²) in [6.07, 6.45) is 10.5. The first-order valence-electron chi connectivity index (χ1n) is 10.4. The summed E-state index contributed by atoms with van der Waals surface area (Å²) in [5, 5.41) is 0. The standard InChI is InChI=1S/C23H28N2O2/c1-16-13-22(26)24-15-20(16)17-5-6-21-18(14-17)7-8-23(27-21)9-11-25(12-10-23)19-3-2-4-19/h5-6,13-15,19H,2-4,7-12H2,1H3,(H,24,26). The van der Waals surface area contributed by atoms with E-state index in [1.54, 1.807) is 6.07 Å². The number of benzene rings is 1. The number of nitrogens with one attached hydrogen (secondary N) is 1. The van der Waals surface area contributed by atoms with E-state index in [9.17, 15) is 4.79 Å². The molecule has 0 atom stereocenters. The van der Waals surface area contributed by atoms with Crippen LogP contribution in [0.3, 0.4) is 0 Å². The fourth-order valence-corrected chi connectivity index (χ4v) is 4.97. The predicted molar refractivity (Wildman–Crippen MR) is 107 cm³/mol. The van der Waals surface area contributed by atoms with Crippen LogP contribution in [-0.4, -0.2) is 34.6 Å². The second-order valence-electron chi connectivity index (χ2n) is 8.62. The molecular formula is C23H28N2O2. The monoisotopic (exact) mass is 364 g/mol. The summed E-state index contributed by atoms with van der Waals surface area (Å²) >= 11 is 0. The van der Waals surface area contributed by atoms with Gasteiger partial charge in [-0.3, -0.25) is 4.79 Å². The van der Waals surface area contributed by atoms with Gasteiger partial charge in [0.05, 0.1) is 0 Å². The van der Waals surface area contributed by atoms with Crippen LogP contribution in [0.2, 0.25) is 0 Å². The lowest BCUT2D eigenvalue weighted by Crippen LogP contribution is -2.53. The second kappa shape index (κ2) is 6.52. The van der Waals surface area contributed by atoms with Gasteiger partial charge in [-0.15, -0.1) is 0 Å². The Kier molecular flexibility index (Phi) is 4.12. The van der Waals surface area contributed by atoms with Crippen molar-refractivity contribution in [1.82, 2.24) is 9.88 Å². The van der Waals surface area contributed by atoms with Crippen molar-refractivity contribution in [2.45, 2.75) is 63.5 Å². The van der Waals surface area contributed by atoms with Crippen molar-refractivity contribution in [2.24, 2.45) is 0 Å². The zero-order valence-electron chi connectivity index (χ0n) is 16.1. The molecule has 142 valence electrons. The van der Waals surface area contributed by atoms with Gasteiger partial charge in [0.15, 0.2) is 0 Å². The summed E-state index contributed by atoms with van der Waals surface area (Å²) < 4.78 is 6.60. The Morgan fingerprint density at radius 3 is 2.67 bits per heavy atom. The Bertz CT molecular complexity index is 905. The lowest BCUT2D eigenvalue weighted by Gasteiger charge is -2.48. The molecule has 1 saturated carbocycles. The van der Waals surface area contributed by atoms with Crippen molar-refractivity contribution in [3.05, 3.63) is 51.9 Å². The highest BCUT2D eigenvalue weighted by molar-refractivity contribution is 5.68. The lowest BCUT2D eigenvalue weighted by molar-refractivity contribution is -0.0336. The average Bonchev–Trinajstić information content (AvgIpc) is 2.62. The first-order valence-corrected chi connectivity index (χ1v) is 10.4. The number of nitrogens with zero attached hydrogens (tertiary/aromatic N) is 1. The third kappa shape index (κ3) is 3.10. The molecule has 0 unspecified atom stereocenters. The highest BCUT2D eigenvalue weighted by Gasteiger charge is 2.41. The van der Waals surface area contributed by atoms with E-state index in [1.807, 2.05) is 13.1 Å². The highest BCUT2D eigenvalue weighted by atomic mass is 16.5. The van der Waals surface area contributed by atoms with Crippen molar-refractivity contribution in [1.29, 1.82) is 0 Å². The molecule has 1 saturated heterocycles. The van der Waals surface area contributed by atoms with Gasteiger partial charge >= 0.3 is 0 Å². The normalized spacial score (nSPS) is 22.1. The molecule has 0 bridgehead atoms. The summed E-state index contributed by atoms with van der Waals surface area (Å²) in [7, 11) is 0. The molecule has 3 heterocycles. The number of likely N-dealkylation sites (tertiary alicyclic amines) is 1. The zero-order valence-corrected chi connectivity index (χ0v) is 16.1. The molecule has 4 nitrogen and oxygen atoms in total. The number of aryl methyl sites for hydroxylation is 2. The van der Waals surface area contributed by atoms with E-state index in [0.29, 0.717) is 0 Å². The van der Waals surface area contributed by atoms with Crippen molar-refractivity contribution >= 4 is 0 Å². The average molecular weight is 364 g/mol. The summed E-state index contributed by atoms with van der Waals surface area (Å²) in [4.78, 5) is 17.0. The van der Waals surface area contributed by atoms with E-state index in [-0.39, 0.29) is 11.2 Å². The van der Waals surface area contributed by atoms with Crippen LogP contribution < -0.4 is 10.3 Å². The fraction of sp³-hybridized carbons (Fsp3) is 0.522. The van der Waals surface area contributed by atoms with Gasteiger partial charge in [0.25, 0.3) is 0 Å². The first kappa shape index (κ1) is 17.1. The Hall–Kier alpha value is -2.07. The third-order valence-corrected chi connectivity index (χ3v) is 6.98. The van der Waals surface area contributed by atoms with Crippen LogP contribution in [0, 0.1) is 6.92 Å². The van der Waals surface area contributed by atoms with E-state index in [0.717, 1.165) is 54.2 Å². The Morgan fingerprint density at radius 2 is 1.96 bits per heavy atom. The SMILES string of the molecule is Cc1cc(=O)[nH]cc1-c1ccc2c(c1)CCC1(CCN(C3CCC3)CC1)O2. The highest BCUT2D eigenvalue weighted by Crippen LogP contribution is 2.42. The van der Waals surface area contributed by atoms with E-state index < -0.39 is 0 Å². The van der Waals surface area contributed by atoms with Crippen LogP contribution in [0.4, 0.5) is 0 Å². The number of hydrogen-bond donors (Lipinski definition) is 1. The molecule has 3 aliphatic rings. The van der Waals surface area contributed by atoms with Gasteiger partial charge in [-0.25, -0.2) is 0 Å². The van der Waals surface area contributed by atoms with Crippen molar-refractivity contribution in [3.8, 4) is 16.9 Å². The molecule has 0 radical (unpaired) electrons. The number of ether oxygens (including phenoxy) is 1. The Balaban J connectivity index is 1.34. The van der Waals surface area contributed by atoms with Crippen molar-refractivity contribution in [2.75, 3.05) is 13.1 Å². The molecule has 1 N–H and O–H groups in total. The van der Waals surface area contributed by atoms with Crippen LogP contribution in [0.25, 0.3) is 11.1 Å². The predicted octanol–water partition coefficient (Wildman–Crippen LogP) is 4.06. The molecule has 2 aliphatic heterocycles. The molecule has 2 fully saturated rings. The van der Waals surface area contributed by atoms with Gasteiger partial charge in [0.1, 0.15) is 11.4 Å². The molecule has 2 aromatic rings. The molecule has 5 rings (SSSR count). The maximum absolute atomic E-state index is 11.5. The summed E-state index contributed by atoms with van der Waals surface area (Å²) in [5.74, 6) is 1.06. The van der Waals surface area contributed by atoms with Gasteiger partial charge < -0.3 is 14.6 Å². The van der Waals surface area contributed by atoms with Gasteiger partial charge in [-0.2, -0.15) is 0 Å². The van der Waals surface area contributed by atoms with Crippen LogP contribution in [0.5, 0.6) is 5.75 Å². The molecular weight excluding hydrogens is 336 g/mol. The molecule has 4 heteroatoms. The molecule has 1 aromatic heterocycles. The maximum atomic E-state index is 11.5. The molecule has 1 spiro atoms. The number of fused-ring (bicyclic) bond motifs is 1. The van der Waals surface area contributed by atoms with Gasteiger partial charge in [0, 0.05) is 37.0 Å². The molecule has 1 aromatic carbocycles. The van der Waals surface area contributed by atoms with Crippen LogP contribution in [0.15, 0.2) is 35.3 Å². The minimum atomic E-state index is -0.0484. The summed E-state index contributed by atoms with van der Waals surface area (Å²) in [5.41, 5.74) is 4.55. The summed E-state index contributed by atoms with van der Waals surface area (Å²) in [6, 6.07) is 9.01. The minimum Gasteiger partial charge on any atom is -0.487 e. The van der Waals surface area contributed by atoms with Crippen molar-refractivity contribution < 1.29 is 4.74 Å². The van der Waals surface area contributed by atoms with E-state index >= 15 is 0 Å². The quantitative estimate of drug-likeness (QED) is 0.874. The second-order valence-corrected chi connectivity index (χ2v) is 8.62. The largest absolute Gasteiger partial charge is 0.487 e. The number of aromatic nitrogens is 1. The van der Waals surface area contributed by atoms with E-state index in [2.05, 4.69) is 28.1 Å². The van der Waals surface area contributed by atoms with Gasteiger partial charge in [0.2, 0.25) is 5.56 Å². The topological polar surface area (TPSA) is 45.3 Å². The molecule has 0 amide bonds. The van der Waals surface area contributed by atoms with Gasteiger partial charge in [-0.05, 0) is 74.3 Å². The third-order valence-electron chi connectivity index (χ3n) is 6.98. The number of aromatic amines is 1. The fourth-order valence-electron chi connectivity index (χ4n) is 4.97. The Morgan fingerprint density at radius 1 is 1.15 bits per heavy atom. The first-order chi connectivity index (χ1) is 13.1. The summed E-state index contributed by atoms with van der Waals surface area (Å²) in [6.45, 7) is 4.37. The number of pyridine rings is 1. The number of H-pyrrole nitrogens is 1.